The van der Waals surface area contributed by atoms with Crippen molar-refractivity contribution in [1.82, 2.24) is 55.5 Å². The standard InChI is InChI=1S/C30H25ClFN7O4.C24H21Cl2FN4O3/c1-16-9-20(11-21(32)10-16)25(15-40)34-28(41)17(2)38-14-19-8-7-18(12-22(19)29(38)42)27-23(31)13-33-30(35-27)43-39-26-6-4-3-5-24(26)36-37-39;1-12-5-16(7-17(27)6-12)20(11-32)29-22(33)13(2)31-10-15-4-3-14(8-18(15)23(31)34)21-19(25)9-28-24(26)30-21/h3-13,17,25,40H,14-15H2,1-2H3,(H,34,41);3-9,13,20,32H,10-11H2,1-2H3,(H,29,33)/t17-,25-;13-,20-/m11/s1. The molecule has 8 aromatic rings. The first-order valence-electron chi connectivity index (χ1n) is 23.8. The molecule has 394 valence electrons. The zero-order valence-corrected chi connectivity index (χ0v) is 43.6. The Morgan fingerprint density at radius 2 is 1.17 bits per heavy atom. The summed E-state index contributed by atoms with van der Waals surface area (Å²) in [6, 6.07) is 23.0. The molecule has 23 heteroatoms. The maximum atomic E-state index is 13.9. The molecule has 77 heavy (non-hydrogen) atoms. The van der Waals surface area contributed by atoms with Gasteiger partial charge in [-0.05, 0) is 126 Å². The summed E-state index contributed by atoms with van der Waals surface area (Å²) >= 11 is 18.5. The van der Waals surface area contributed by atoms with E-state index in [0.29, 0.717) is 72.0 Å². The number of benzene rings is 5. The number of para-hydroxylation sites is 1. The molecule has 10 rings (SSSR count). The molecule has 0 saturated heterocycles. The fourth-order valence-electron chi connectivity index (χ4n) is 8.97. The summed E-state index contributed by atoms with van der Waals surface area (Å²) in [5.41, 5.74) is 7.67. The van der Waals surface area contributed by atoms with Crippen molar-refractivity contribution < 1.29 is 43.0 Å². The number of aryl methyl sites for hydroxylation is 2. The third-order valence-corrected chi connectivity index (χ3v) is 13.7. The molecule has 2 aliphatic heterocycles. The number of hydrogen-bond donors (Lipinski definition) is 4. The van der Waals surface area contributed by atoms with Gasteiger partial charge < -0.3 is 35.5 Å². The maximum Gasteiger partial charge on any atom is 0.346 e. The van der Waals surface area contributed by atoms with Gasteiger partial charge in [-0.15, -0.1) is 5.10 Å². The lowest BCUT2D eigenvalue weighted by Gasteiger charge is -2.26. The number of nitrogens with zero attached hydrogens (tertiary/aromatic N) is 9. The van der Waals surface area contributed by atoms with Crippen LogP contribution < -0.4 is 15.5 Å². The average molecular weight is 1110 g/mol. The number of halogens is 5. The van der Waals surface area contributed by atoms with Crippen molar-refractivity contribution in [3.8, 4) is 28.5 Å². The largest absolute Gasteiger partial charge is 0.394 e. The molecule has 0 bridgehead atoms. The minimum atomic E-state index is -0.868. The van der Waals surface area contributed by atoms with E-state index >= 15 is 0 Å². The summed E-state index contributed by atoms with van der Waals surface area (Å²) in [5.74, 6) is -2.54. The molecule has 0 spiro atoms. The predicted molar refractivity (Wildman–Crippen MR) is 280 cm³/mol. The van der Waals surface area contributed by atoms with Crippen LogP contribution in [0.2, 0.25) is 15.3 Å². The smallest absolute Gasteiger partial charge is 0.346 e. The van der Waals surface area contributed by atoms with Crippen LogP contribution in [0.5, 0.6) is 6.01 Å². The Kier molecular flexibility index (Phi) is 15.8. The zero-order chi connectivity index (χ0) is 54.8. The van der Waals surface area contributed by atoms with Crippen molar-refractivity contribution in [2.75, 3.05) is 13.2 Å². The minimum absolute atomic E-state index is 0.0271. The Morgan fingerprint density at radius 1 is 0.675 bits per heavy atom. The molecule has 3 aromatic heterocycles. The molecule has 0 fully saturated rings. The maximum absolute atomic E-state index is 13.9. The van der Waals surface area contributed by atoms with Crippen molar-refractivity contribution in [1.29, 1.82) is 0 Å². The van der Waals surface area contributed by atoms with Gasteiger partial charge in [0.05, 0.1) is 59.1 Å². The number of rotatable bonds is 14. The molecule has 4 amide bonds. The van der Waals surface area contributed by atoms with E-state index in [2.05, 4.69) is 40.9 Å². The Bertz CT molecular complexity index is 3590. The van der Waals surface area contributed by atoms with Crippen LogP contribution in [0.4, 0.5) is 8.78 Å². The topological polar surface area (TPSA) is 231 Å². The van der Waals surface area contributed by atoms with Gasteiger partial charge in [0.25, 0.3) is 11.8 Å². The molecule has 4 N–H and O–H groups in total. The monoisotopic (exact) mass is 1100 g/mol. The molecular formula is C54H46Cl3F2N11O7. The first-order valence-corrected chi connectivity index (χ1v) is 25.0. The first kappa shape index (κ1) is 53.8. The van der Waals surface area contributed by atoms with Gasteiger partial charge in [0.2, 0.25) is 17.1 Å². The number of carbonyl (C=O) groups is 4. The molecule has 0 aliphatic carbocycles. The van der Waals surface area contributed by atoms with E-state index in [4.69, 9.17) is 39.6 Å². The van der Waals surface area contributed by atoms with Gasteiger partial charge in [-0.25, -0.2) is 23.7 Å². The van der Waals surface area contributed by atoms with E-state index in [-0.39, 0.29) is 41.2 Å². The second kappa shape index (κ2) is 22.7. The Balaban J connectivity index is 0.000000193. The molecule has 2 aliphatic rings. The Hall–Kier alpha value is -8.01. The summed E-state index contributed by atoms with van der Waals surface area (Å²) in [4.78, 5) is 79.1. The van der Waals surface area contributed by atoms with E-state index < -0.39 is 60.8 Å². The van der Waals surface area contributed by atoms with Crippen LogP contribution in [-0.4, -0.2) is 104 Å². The molecule has 18 nitrogen and oxygen atoms in total. The lowest BCUT2D eigenvalue weighted by atomic mass is 10.0. The van der Waals surface area contributed by atoms with Gasteiger partial charge in [0.15, 0.2) is 0 Å². The van der Waals surface area contributed by atoms with E-state index in [0.717, 1.165) is 11.1 Å². The average Bonchev–Trinajstić information content (AvgIpc) is 4.11. The number of aliphatic hydroxyl groups is 2. The van der Waals surface area contributed by atoms with Crippen LogP contribution in [0.3, 0.4) is 0 Å². The number of aromatic nitrogens is 7. The summed E-state index contributed by atoms with van der Waals surface area (Å²) in [5, 5.41) is 33.7. The number of fused-ring (bicyclic) bond motifs is 3. The number of hydrogen-bond acceptors (Lipinski definition) is 13. The normalized spacial score (nSPS) is 14.3. The van der Waals surface area contributed by atoms with Crippen molar-refractivity contribution in [3.63, 3.8) is 0 Å². The predicted octanol–water partition coefficient (Wildman–Crippen LogP) is 8.12. The van der Waals surface area contributed by atoms with Crippen LogP contribution in [0.25, 0.3) is 33.5 Å². The quantitative estimate of drug-likeness (QED) is 0.0755. The SMILES string of the molecule is Cc1cc(F)cc([C@@H](CO)NC(=O)[C@@H](C)N2Cc3ccc(-c4nc(Cl)ncc4Cl)cc3C2=O)c1.Cc1cc(F)cc([C@@H](CO)NC(=O)[C@@H](C)N2Cc3ccc(-c4nc(On5nnc6ccccc65)ncc4Cl)cc3C2=O)c1. The number of aliphatic hydroxyl groups excluding tert-OH is 2. The summed E-state index contributed by atoms with van der Waals surface area (Å²) < 4.78 is 27.7. The lowest BCUT2D eigenvalue weighted by molar-refractivity contribution is -0.127. The van der Waals surface area contributed by atoms with Crippen LogP contribution >= 0.6 is 34.8 Å². The third-order valence-electron chi connectivity index (χ3n) is 13.0. The van der Waals surface area contributed by atoms with E-state index in [1.165, 1.54) is 51.3 Å². The molecule has 5 heterocycles. The summed E-state index contributed by atoms with van der Waals surface area (Å²) in [7, 11) is 0. The highest BCUT2D eigenvalue weighted by molar-refractivity contribution is 6.34. The fourth-order valence-corrected chi connectivity index (χ4v) is 9.51. The van der Waals surface area contributed by atoms with Crippen LogP contribution in [0.1, 0.15) is 80.0 Å². The fraction of sp³-hybridized carbons (Fsp3) is 0.222. The van der Waals surface area contributed by atoms with E-state index in [1.807, 2.05) is 12.1 Å². The lowest BCUT2D eigenvalue weighted by Crippen LogP contribution is -2.46. The second-order valence-corrected chi connectivity index (χ2v) is 19.5. The van der Waals surface area contributed by atoms with Crippen molar-refractivity contribution in [2.24, 2.45) is 0 Å². The Labute approximate surface area is 453 Å². The molecule has 0 radical (unpaired) electrons. The number of amides is 4. The second-order valence-electron chi connectivity index (χ2n) is 18.3. The molecule has 0 unspecified atom stereocenters. The zero-order valence-electron chi connectivity index (χ0n) is 41.4. The molecular weight excluding hydrogens is 1060 g/mol. The van der Waals surface area contributed by atoms with Crippen LogP contribution in [0.15, 0.2) is 109 Å². The van der Waals surface area contributed by atoms with Gasteiger partial charge in [0.1, 0.15) is 34.8 Å². The minimum Gasteiger partial charge on any atom is -0.394 e. The van der Waals surface area contributed by atoms with Crippen molar-refractivity contribution in [2.45, 2.75) is 65.0 Å². The van der Waals surface area contributed by atoms with Gasteiger partial charge >= 0.3 is 6.01 Å². The van der Waals surface area contributed by atoms with Crippen molar-refractivity contribution >= 4 is 69.5 Å². The highest BCUT2D eigenvalue weighted by atomic mass is 35.5. The number of nitrogens with one attached hydrogen (secondary N) is 2. The molecule has 5 aromatic carbocycles. The van der Waals surface area contributed by atoms with Gasteiger partial charge in [0, 0.05) is 35.3 Å². The van der Waals surface area contributed by atoms with Gasteiger partial charge in [-0.3, -0.25) is 19.2 Å². The molecule has 4 atom stereocenters. The van der Waals surface area contributed by atoms with Crippen LogP contribution in [-0.2, 0) is 22.7 Å². The van der Waals surface area contributed by atoms with E-state index in [1.54, 1.807) is 88.4 Å². The van der Waals surface area contributed by atoms with Gasteiger partial charge in [-0.1, -0.05) is 76.6 Å². The Morgan fingerprint density at radius 3 is 1.68 bits per heavy atom. The van der Waals surface area contributed by atoms with Crippen molar-refractivity contribution in [3.05, 3.63) is 181 Å². The highest BCUT2D eigenvalue weighted by Crippen LogP contribution is 2.35. The first-order chi connectivity index (χ1) is 36.9. The highest BCUT2D eigenvalue weighted by Gasteiger charge is 2.37. The number of carbonyl (C=O) groups excluding carboxylic acids is 4. The molecule has 0 saturated carbocycles. The van der Waals surface area contributed by atoms with E-state index in [9.17, 15) is 38.2 Å². The third kappa shape index (κ3) is 11.6. The van der Waals surface area contributed by atoms with Gasteiger partial charge in [-0.2, -0.15) is 4.98 Å². The summed E-state index contributed by atoms with van der Waals surface area (Å²) in [6.07, 6.45) is 2.78. The summed E-state index contributed by atoms with van der Waals surface area (Å²) in [6.45, 7) is 6.25. The van der Waals surface area contributed by atoms with Crippen LogP contribution in [0, 0.1) is 25.5 Å².